The predicted molar refractivity (Wildman–Crippen MR) is 186 cm³/mol. The number of Topliss-reactive ketones (excluding diaryl/α,β-unsaturated/α-hetero) is 2. The SMILES string of the molecule is NCCOCCOC(C=O)C(=O)C(OCCOCCN)C(=O)CC[C@H](NC(=O)CCCCCCCCCCCCCCCCC(=O)O)C(=O)O. The Morgan fingerprint density at radius 3 is 1.50 bits per heavy atom. The van der Waals surface area contributed by atoms with E-state index in [1.807, 2.05) is 0 Å². The maximum atomic E-state index is 13.1. The molecule has 2 unspecified atom stereocenters. The summed E-state index contributed by atoms with van der Waals surface area (Å²) in [6.07, 6.45) is 11.3. The molecule has 290 valence electrons. The Hall–Kier alpha value is -2.82. The average Bonchev–Trinajstić information content (AvgIpc) is 3.09. The Kier molecular flexibility index (Phi) is 31.5. The van der Waals surface area contributed by atoms with Crippen LogP contribution in [0.1, 0.15) is 116 Å². The van der Waals surface area contributed by atoms with Gasteiger partial charge in [0.2, 0.25) is 11.7 Å². The molecule has 0 radical (unpaired) electrons. The van der Waals surface area contributed by atoms with Gasteiger partial charge >= 0.3 is 11.9 Å². The molecule has 7 N–H and O–H groups in total. The van der Waals surface area contributed by atoms with Crippen molar-refractivity contribution < 1.29 is 57.9 Å². The quantitative estimate of drug-likeness (QED) is 0.0350. The van der Waals surface area contributed by atoms with Crippen molar-refractivity contribution in [3.63, 3.8) is 0 Å². The smallest absolute Gasteiger partial charge is 0.326 e. The van der Waals surface area contributed by atoms with Gasteiger partial charge < -0.3 is 45.9 Å². The van der Waals surface area contributed by atoms with Crippen molar-refractivity contribution in [1.82, 2.24) is 5.32 Å². The van der Waals surface area contributed by atoms with E-state index in [1.54, 1.807) is 0 Å². The van der Waals surface area contributed by atoms with E-state index in [4.69, 9.17) is 35.5 Å². The number of ketones is 2. The predicted octanol–water partition coefficient (Wildman–Crippen LogP) is 2.72. The zero-order chi connectivity index (χ0) is 37.2. The molecule has 0 saturated carbocycles. The molecule has 0 aromatic heterocycles. The van der Waals surface area contributed by atoms with Crippen LogP contribution in [0.4, 0.5) is 0 Å². The summed E-state index contributed by atoms with van der Waals surface area (Å²) in [5.41, 5.74) is 10.7. The van der Waals surface area contributed by atoms with Crippen LogP contribution in [0, 0.1) is 0 Å². The molecule has 0 aliphatic heterocycles. The molecule has 0 aromatic rings. The minimum absolute atomic E-state index is 0.0303. The highest BCUT2D eigenvalue weighted by Gasteiger charge is 2.34. The Morgan fingerprint density at radius 2 is 1.06 bits per heavy atom. The Balaban J connectivity index is 4.49. The minimum atomic E-state index is -1.70. The summed E-state index contributed by atoms with van der Waals surface area (Å²) in [7, 11) is 0. The molecule has 1 amide bonds. The molecule has 0 aromatic carbocycles. The zero-order valence-corrected chi connectivity index (χ0v) is 29.8. The summed E-state index contributed by atoms with van der Waals surface area (Å²) in [6.45, 7) is 0.890. The van der Waals surface area contributed by atoms with Crippen molar-refractivity contribution in [2.75, 3.05) is 52.7 Å². The lowest BCUT2D eigenvalue weighted by atomic mass is 10.00. The van der Waals surface area contributed by atoms with Crippen LogP contribution in [0.5, 0.6) is 0 Å². The lowest BCUT2D eigenvalue weighted by molar-refractivity contribution is -0.153. The van der Waals surface area contributed by atoms with Gasteiger partial charge in [0.15, 0.2) is 24.3 Å². The molecule has 0 aliphatic rings. The van der Waals surface area contributed by atoms with Crippen molar-refractivity contribution in [2.45, 2.75) is 134 Å². The second-order valence-electron chi connectivity index (χ2n) is 12.2. The van der Waals surface area contributed by atoms with Gasteiger partial charge in [-0.3, -0.25) is 24.0 Å². The standard InChI is InChI=1S/C35H63N3O12/c36-19-21-47-23-25-49-30(27-39)33(44)34(50-26-24-48-22-20-37)29(40)18-17-28(35(45)46)38-31(41)15-13-11-9-7-5-3-1-2-4-6-8-10-12-14-16-32(42)43/h27-28,30,34H,1-26,36-37H2,(H,38,41)(H,42,43)(H,45,46)/t28-,30?,34?/m0/s1. The lowest BCUT2D eigenvalue weighted by Gasteiger charge is -2.20. The monoisotopic (exact) mass is 717 g/mol. The zero-order valence-electron chi connectivity index (χ0n) is 29.8. The normalized spacial score (nSPS) is 13.0. The first-order valence-corrected chi connectivity index (χ1v) is 18.2. The molecule has 3 atom stereocenters. The van der Waals surface area contributed by atoms with Crippen LogP contribution in [-0.4, -0.2) is 117 Å². The molecule has 0 rings (SSSR count). The molecule has 0 heterocycles. The molecule has 0 fully saturated rings. The van der Waals surface area contributed by atoms with Gasteiger partial charge in [0, 0.05) is 32.4 Å². The number of nitrogens with two attached hydrogens (primary N) is 2. The summed E-state index contributed by atoms with van der Waals surface area (Å²) in [4.78, 5) is 72.5. The van der Waals surface area contributed by atoms with Crippen LogP contribution in [-0.2, 0) is 47.7 Å². The number of unbranched alkanes of at least 4 members (excludes halogenated alkanes) is 13. The molecule has 50 heavy (non-hydrogen) atoms. The van der Waals surface area contributed by atoms with E-state index in [0.717, 1.165) is 51.4 Å². The second kappa shape index (κ2) is 33.3. The lowest BCUT2D eigenvalue weighted by Crippen LogP contribution is -2.45. The van der Waals surface area contributed by atoms with E-state index >= 15 is 0 Å². The highest BCUT2D eigenvalue weighted by molar-refractivity contribution is 6.12. The fourth-order valence-corrected chi connectivity index (χ4v) is 5.13. The number of hydrogen-bond donors (Lipinski definition) is 5. The van der Waals surface area contributed by atoms with Crippen molar-refractivity contribution in [3.05, 3.63) is 0 Å². The third-order valence-electron chi connectivity index (χ3n) is 7.87. The van der Waals surface area contributed by atoms with Gasteiger partial charge in [-0.2, -0.15) is 0 Å². The topological polar surface area (TPSA) is 244 Å². The summed E-state index contributed by atoms with van der Waals surface area (Å²) >= 11 is 0. The van der Waals surface area contributed by atoms with Crippen LogP contribution in [0.25, 0.3) is 0 Å². The summed E-state index contributed by atoms with van der Waals surface area (Å²) < 4.78 is 21.1. The largest absolute Gasteiger partial charge is 0.481 e. The Labute approximate surface area is 296 Å². The first-order valence-electron chi connectivity index (χ1n) is 18.2. The number of carbonyl (C=O) groups is 6. The fourth-order valence-electron chi connectivity index (χ4n) is 5.13. The average molecular weight is 718 g/mol. The van der Waals surface area contributed by atoms with Gasteiger partial charge in [-0.15, -0.1) is 0 Å². The molecule has 0 aliphatic carbocycles. The van der Waals surface area contributed by atoms with Gasteiger partial charge in [-0.05, 0) is 19.3 Å². The number of ether oxygens (including phenoxy) is 4. The van der Waals surface area contributed by atoms with Crippen molar-refractivity contribution in [3.8, 4) is 0 Å². The molecule has 0 bridgehead atoms. The third-order valence-corrected chi connectivity index (χ3v) is 7.87. The number of carbonyl (C=O) groups excluding carboxylic acids is 4. The van der Waals surface area contributed by atoms with Gasteiger partial charge in [-0.25, -0.2) is 4.79 Å². The van der Waals surface area contributed by atoms with Gasteiger partial charge in [0.25, 0.3) is 0 Å². The van der Waals surface area contributed by atoms with Crippen LogP contribution >= 0.6 is 0 Å². The molecular weight excluding hydrogens is 654 g/mol. The first kappa shape index (κ1) is 47.2. The second-order valence-corrected chi connectivity index (χ2v) is 12.2. The number of nitrogens with one attached hydrogen (secondary N) is 1. The maximum Gasteiger partial charge on any atom is 0.326 e. The highest BCUT2D eigenvalue weighted by atomic mass is 16.5. The Morgan fingerprint density at radius 1 is 0.600 bits per heavy atom. The van der Waals surface area contributed by atoms with Crippen molar-refractivity contribution >= 4 is 35.7 Å². The minimum Gasteiger partial charge on any atom is -0.481 e. The molecule has 0 saturated heterocycles. The summed E-state index contributed by atoms with van der Waals surface area (Å²) in [5, 5.41) is 20.8. The maximum absolute atomic E-state index is 13.1. The van der Waals surface area contributed by atoms with Crippen LogP contribution in [0.3, 0.4) is 0 Å². The van der Waals surface area contributed by atoms with Crippen LogP contribution < -0.4 is 16.8 Å². The van der Waals surface area contributed by atoms with Crippen LogP contribution in [0.15, 0.2) is 0 Å². The van der Waals surface area contributed by atoms with Gasteiger partial charge in [0.05, 0.1) is 39.6 Å². The summed E-state index contributed by atoms with van der Waals surface area (Å²) in [5.74, 6) is -4.16. The van der Waals surface area contributed by atoms with E-state index < -0.39 is 54.1 Å². The number of rotatable bonds is 38. The van der Waals surface area contributed by atoms with E-state index in [0.29, 0.717) is 6.42 Å². The van der Waals surface area contributed by atoms with E-state index in [2.05, 4.69) is 5.32 Å². The van der Waals surface area contributed by atoms with Crippen LogP contribution in [0.2, 0.25) is 0 Å². The van der Waals surface area contributed by atoms with Gasteiger partial charge in [-0.1, -0.05) is 77.0 Å². The third kappa shape index (κ3) is 27.0. The highest BCUT2D eigenvalue weighted by Crippen LogP contribution is 2.14. The molecular formula is C35H63N3O12. The molecule has 15 heteroatoms. The number of carboxylic acid groups (broad SMARTS) is 2. The first-order chi connectivity index (χ1) is 24.2. The van der Waals surface area contributed by atoms with E-state index in [-0.39, 0.29) is 78.3 Å². The van der Waals surface area contributed by atoms with E-state index in [1.165, 1.54) is 32.1 Å². The molecule has 15 nitrogen and oxygen atoms in total. The Bertz CT molecular complexity index is 937. The number of carboxylic acids is 2. The fraction of sp³-hybridized carbons (Fsp3) is 0.829. The van der Waals surface area contributed by atoms with E-state index in [9.17, 15) is 33.9 Å². The summed E-state index contributed by atoms with van der Waals surface area (Å²) in [6, 6.07) is -1.34. The van der Waals surface area contributed by atoms with Crippen molar-refractivity contribution in [1.29, 1.82) is 0 Å². The van der Waals surface area contributed by atoms with Crippen molar-refractivity contribution in [2.24, 2.45) is 11.5 Å². The molecule has 0 spiro atoms. The number of aldehydes is 1. The number of hydrogen-bond acceptors (Lipinski definition) is 12. The van der Waals surface area contributed by atoms with Gasteiger partial charge in [0.1, 0.15) is 6.04 Å². The number of amides is 1. The number of aliphatic carboxylic acids is 2.